The number of aromatic carboxylic acids is 1. The third-order valence-corrected chi connectivity index (χ3v) is 3.40. The number of carboxylic acid groups (broad SMARTS) is 1. The van der Waals surface area contributed by atoms with Gasteiger partial charge in [-0.25, -0.2) is 13.2 Å². The molecule has 0 bridgehead atoms. The second-order valence-corrected chi connectivity index (χ2v) is 5.57. The van der Waals surface area contributed by atoms with Gasteiger partial charge in [0.05, 0.1) is 10.5 Å². The van der Waals surface area contributed by atoms with Crippen LogP contribution in [0.15, 0.2) is 17.0 Å². The highest BCUT2D eigenvalue weighted by Crippen LogP contribution is 2.24. The molecule has 0 aromatic heterocycles. The van der Waals surface area contributed by atoms with E-state index < -0.39 is 15.8 Å². The van der Waals surface area contributed by atoms with Gasteiger partial charge in [0.1, 0.15) is 0 Å². The zero-order valence-electron chi connectivity index (χ0n) is 8.11. The van der Waals surface area contributed by atoms with Crippen LogP contribution in [0.5, 0.6) is 0 Å². The first-order chi connectivity index (χ1) is 6.73. The van der Waals surface area contributed by atoms with Crippen molar-refractivity contribution in [2.45, 2.75) is 11.8 Å². The van der Waals surface area contributed by atoms with Gasteiger partial charge in [0.2, 0.25) is 0 Å². The van der Waals surface area contributed by atoms with Gasteiger partial charge in [-0.2, -0.15) is 0 Å². The van der Waals surface area contributed by atoms with Gasteiger partial charge in [-0.05, 0) is 24.6 Å². The van der Waals surface area contributed by atoms with Crippen molar-refractivity contribution in [1.29, 1.82) is 0 Å². The van der Waals surface area contributed by atoms with E-state index in [9.17, 15) is 13.2 Å². The molecule has 0 aliphatic rings. The van der Waals surface area contributed by atoms with Crippen molar-refractivity contribution in [2.75, 3.05) is 6.26 Å². The van der Waals surface area contributed by atoms with Gasteiger partial charge in [-0.3, -0.25) is 0 Å². The van der Waals surface area contributed by atoms with Gasteiger partial charge >= 0.3 is 5.97 Å². The van der Waals surface area contributed by atoms with Crippen LogP contribution in [0.1, 0.15) is 15.9 Å². The molecule has 1 aromatic carbocycles. The van der Waals surface area contributed by atoms with Crippen molar-refractivity contribution in [3.05, 3.63) is 28.3 Å². The standard InChI is InChI=1S/C9H9ClO4S/c1-5-7(9(11)12)3-6(10)4-8(5)15(2,13)14/h3-4H,1-2H3,(H,11,12). The second kappa shape index (κ2) is 3.83. The van der Waals surface area contributed by atoms with E-state index in [1.54, 1.807) is 0 Å². The largest absolute Gasteiger partial charge is 0.478 e. The highest BCUT2D eigenvalue weighted by atomic mass is 35.5. The average Bonchev–Trinajstić information content (AvgIpc) is 2.06. The van der Waals surface area contributed by atoms with E-state index in [1.807, 2.05) is 0 Å². The number of benzene rings is 1. The lowest BCUT2D eigenvalue weighted by Gasteiger charge is -2.07. The minimum atomic E-state index is -3.46. The van der Waals surface area contributed by atoms with E-state index in [-0.39, 0.29) is 21.0 Å². The average molecular weight is 249 g/mol. The maximum Gasteiger partial charge on any atom is 0.336 e. The van der Waals surface area contributed by atoms with Crippen molar-refractivity contribution < 1.29 is 18.3 Å². The zero-order valence-corrected chi connectivity index (χ0v) is 9.69. The molecule has 6 heteroatoms. The van der Waals surface area contributed by atoms with Crippen LogP contribution in [-0.4, -0.2) is 25.7 Å². The van der Waals surface area contributed by atoms with Crippen molar-refractivity contribution >= 4 is 27.4 Å². The third-order valence-electron chi connectivity index (χ3n) is 1.95. The van der Waals surface area contributed by atoms with Crippen LogP contribution in [0.25, 0.3) is 0 Å². The van der Waals surface area contributed by atoms with E-state index in [1.165, 1.54) is 19.1 Å². The second-order valence-electron chi connectivity index (χ2n) is 3.15. The van der Waals surface area contributed by atoms with Crippen LogP contribution in [0.4, 0.5) is 0 Å². The third kappa shape index (κ3) is 2.49. The van der Waals surface area contributed by atoms with E-state index in [0.29, 0.717) is 0 Å². The Morgan fingerprint density at radius 3 is 2.33 bits per heavy atom. The fraction of sp³-hybridized carbons (Fsp3) is 0.222. The maximum atomic E-state index is 11.3. The number of halogens is 1. The Hall–Kier alpha value is -1.07. The number of hydrogen-bond donors (Lipinski definition) is 1. The van der Waals surface area contributed by atoms with Crippen molar-refractivity contribution in [3.63, 3.8) is 0 Å². The Kier molecular flexibility index (Phi) is 3.06. The monoisotopic (exact) mass is 248 g/mol. The van der Waals surface area contributed by atoms with Gasteiger partial charge in [0.25, 0.3) is 0 Å². The van der Waals surface area contributed by atoms with Crippen LogP contribution in [-0.2, 0) is 9.84 Å². The predicted octanol–water partition coefficient (Wildman–Crippen LogP) is 1.75. The lowest BCUT2D eigenvalue weighted by Crippen LogP contribution is -2.06. The molecule has 0 spiro atoms. The molecule has 0 amide bonds. The normalized spacial score (nSPS) is 11.4. The molecular formula is C9H9ClO4S. The Morgan fingerprint density at radius 2 is 1.93 bits per heavy atom. The molecule has 0 aliphatic heterocycles. The summed E-state index contributed by atoms with van der Waals surface area (Å²) in [5, 5.41) is 8.92. The molecular weight excluding hydrogens is 240 g/mol. The molecule has 0 unspecified atom stereocenters. The molecule has 0 saturated carbocycles. The van der Waals surface area contributed by atoms with E-state index in [0.717, 1.165) is 6.26 Å². The van der Waals surface area contributed by atoms with Crippen LogP contribution < -0.4 is 0 Å². The van der Waals surface area contributed by atoms with E-state index in [4.69, 9.17) is 16.7 Å². The van der Waals surface area contributed by atoms with Crippen LogP contribution in [0.2, 0.25) is 5.02 Å². The van der Waals surface area contributed by atoms with Crippen LogP contribution in [0.3, 0.4) is 0 Å². The summed E-state index contributed by atoms with van der Waals surface area (Å²) in [4.78, 5) is 10.8. The smallest absolute Gasteiger partial charge is 0.336 e. The number of sulfone groups is 1. The van der Waals surface area contributed by atoms with E-state index in [2.05, 4.69) is 0 Å². The van der Waals surface area contributed by atoms with Gasteiger partial charge in [0, 0.05) is 11.3 Å². The summed E-state index contributed by atoms with van der Waals surface area (Å²) in [7, 11) is -3.46. The topological polar surface area (TPSA) is 71.4 Å². The van der Waals surface area contributed by atoms with Gasteiger partial charge in [-0.15, -0.1) is 0 Å². The molecule has 0 aliphatic carbocycles. The summed E-state index contributed by atoms with van der Waals surface area (Å²) >= 11 is 5.64. The Labute approximate surface area is 92.4 Å². The summed E-state index contributed by atoms with van der Waals surface area (Å²) in [6, 6.07) is 2.48. The SMILES string of the molecule is Cc1c(C(=O)O)cc(Cl)cc1S(C)(=O)=O. The summed E-state index contributed by atoms with van der Waals surface area (Å²) in [6.07, 6.45) is 1.01. The fourth-order valence-electron chi connectivity index (χ4n) is 1.26. The molecule has 0 saturated heterocycles. The van der Waals surface area contributed by atoms with Crippen LogP contribution in [0, 0.1) is 6.92 Å². The van der Waals surface area contributed by atoms with Crippen LogP contribution >= 0.6 is 11.6 Å². The number of carbonyl (C=O) groups is 1. The summed E-state index contributed by atoms with van der Waals surface area (Å²) in [6.45, 7) is 1.44. The maximum absolute atomic E-state index is 11.3. The molecule has 0 atom stereocenters. The van der Waals surface area contributed by atoms with Crippen molar-refractivity contribution in [3.8, 4) is 0 Å². The minimum absolute atomic E-state index is 0.0487. The van der Waals surface area contributed by atoms with Crippen molar-refractivity contribution in [1.82, 2.24) is 0 Å². The first-order valence-electron chi connectivity index (χ1n) is 3.97. The first-order valence-corrected chi connectivity index (χ1v) is 6.24. The summed E-state index contributed by atoms with van der Waals surface area (Å²) in [5.74, 6) is -1.19. The molecule has 82 valence electrons. The summed E-state index contributed by atoms with van der Waals surface area (Å²) < 4.78 is 22.7. The Bertz CT molecular complexity index is 519. The summed E-state index contributed by atoms with van der Waals surface area (Å²) in [5.41, 5.74) is 0.109. The lowest BCUT2D eigenvalue weighted by molar-refractivity contribution is 0.0696. The van der Waals surface area contributed by atoms with Crippen molar-refractivity contribution in [2.24, 2.45) is 0 Å². The van der Waals surface area contributed by atoms with E-state index >= 15 is 0 Å². The number of carboxylic acids is 1. The molecule has 1 rings (SSSR count). The molecule has 1 aromatic rings. The van der Waals surface area contributed by atoms with Gasteiger partial charge in [-0.1, -0.05) is 11.6 Å². The molecule has 1 N–H and O–H groups in total. The first kappa shape index (κ1) is 12.0. The number of rotatable bonds is 2. The minimum Gasteiger partial charge on any atom is -0.478 e. The quantitative estimate of drug-likeness (QED) is 0.866. The van der Waals surface area contributed by atoms with Gasteiger partial charge < -0.3 is 5.11 Å². The zero-order chi connectivity index (χ0) is 11.8. The van der Waals surface area contributed by atoms with Gasteiger partial charge in [0.15, 0.2) is 9.84 Å². The molecule has 4 nitrogen and oxygen atoms in total. The highest BCUT2D eigenvalue weighted by Gasteiger charge is 2.18. The Balaban J connectivity index is 3.63. The Morgan fingerprint density at radius 1 is 1.40 bits per heavy atom. The predicted molar refractivity (Wildman–Crippen MR) is 56.3 cm³/mol. The molecule has 0 heterocycles. The molecule has 15 heavy (non-hydrogen) atoms. The fourth-order valence-corrected chi connectivity index (χ4v) is 2.55. The molecule has 0 radical (unpaired) electrons. The lowest BCUT2D eigenvalue weighted by atomic mass is 10.1. The highest BCUT2D eigenvalue weighted by molar-refractivity contribution is 7.90. The molecule has 0 fully saturated rings. The number of hydrogen-bond acceptors (Lipinski definition) is 3.